The predicted octanol–water partition coefficient (Wildman–Crippen LogP) is 4.59. The number of carbonyl (C=O) groups excluding carboxylic acids is 1. The normalized spacial score (nSPS) is 15.9. The second-order valence-electron chi connectivity index (χ2n) is 7.90. The Morgan fingerprint density at radius 3 is 2.45 bits per heavy atom. The molecule has 2 rings (SSSR count). The highest BCUT2D eigenvalue weighted by Crippen LogP contribution is 2.11. The molecule has 0 unspecified atom stereocenters. The van der Waals surface area contributed by atoms with Crippen molar-refractivity contribution >= 4 is 5.97 Å². The Balaban J connectivity index is 1.69. The van der Waals surface area contributed by atoms with Crippen LogP contribution in [0.1, 0.15) is 63.9 Å². The molecule has 1 saturated heterocycles. The third-order valence-electron chi connectivity index (χ3n) is 5.26. The van der Waals surface area contributed by atoms with Crippen LogP contribution >= 0.6 is 0 Å². The molecule has 1 aliphatic rings. The largest absolute Gasteiger partial charge is 0.459 e. The average Bonchev–Trinajstić information content (AvgIpc) is 2.74. The molecule has 1 aromatic rings. The van der Waals surface area contributed by atoms with E-state index in [1.807, 2.05) is 30.3 Å². The van der Waals surface area contributed by atoms with E-state index in [9.17, 15) is 4.79 Å². The van der Waals surface area contributed by atoms with Gasteiger partial charge in [0.2, 0.25) is 0 Å². The lowest BCUT2D eigenvalue weighted by Gasteiger charge is -2.30. The fourth-order valence-corrected chi connectivity index (χ4v) is 3.55. The van der Waals surface area contributed by atoms with Crippen LogP contribution in [0.3, 0.4) is 0 Å². The fourth-order valence-electron chi connectivity index (χ4n) is 3.55. The van der Waals surface area contributed by atoms with Crippen molar-refractivity contribution in [3.8, 4) is 0 Å². The van der Waals surface area contributed by atoms with E-state index in [0.717, 1.165) is 44.7 Å². The molecule has 0 radical (unpaired) electrons. The van der Waals surface area contributed by atoms with E-state index in [-0.39, 0.29) is 12.1 Å². The van der Waals surface area contributed by atoms with Crippen LogP contribution in [0.5, 0.6) is 0 Å². The Hall–Kier alpha value is -1.43. The smallest absolute Gasteiger partial charge is 0.306 e. The van der Waals surface area contributed by atoms with Crippen molar-refractivity contribution < 1.29 is 19.0 Å². The van der Waals surface area contributed by atoms with Crippen LogP contribution in [-0.2, 0) is 25.6 Å². The lowest BCUT2D eigenvalue weighted by Crippen LogP contribution is -2.43. The third kappa shape index (κ3) is 11.4. The summed E-state index contributed by atoms with van der Waals surface area (Å²) in [7, 11) is 0. The first-order chi connectivity index (χ1) is 14.3. The van der Waals surface area contributed by atoms with Gasteiger partial charge in [-0.3, -0.25) is 9.69 Å². The first-order valence-electron chi connectivity index (χ1n) is 11.4. The zero-order valence-electron chi connectivity index (χ0n) is 18.2. The average molecular weight is 406 g/mol. The van der Waals surface area contributed by atoms with Crippen molar-refractivity contribution in [3.63, 3.8) is 0 Å². The molecule has 0 amide bonds. The van der Waals surface area contributed by atoms with Crippen LogP contribution in [-0.4, -0.2) is 56.4 Å². The standard InChI is InChI=1S/C24H39NO4/c1-2-3-4-5-6-7-11-14-24(26)29-23(19-25-15-17-27-18-16-25)21-28-20-22-12-9-8-10-13-22/h8-10,12-13,23H,2-7,11,14-21H2,1H3/t23-/m0/s1. The molecule has 0 N–H and O–H groups in total. The van der Waals surface area contributed by atoms with Gasteiger partial charge in [0.05, 0.1) is 26.4 Å². The number of morpholine rings is 1. The number of rotatable bonds is 15. The zero-order chi connectivity index (χ0) is 20.6. The van der Waals surface area contributed by atoms with Crippen molar-refractivity contribution in [2.24, 2.45) is 0 Å². The molecule has 1 atom stereocenters. The summed E-state index contributed by atoms with van der Waals surface area (Å²) in [5.74, 6) is -0.0971. The van der Waals surface area contributed by atoms with E-state index in [1.54, 1.807) is 0 Å². The summed E-state index contributed by atoms with van der Waals surface area (Å²) in [5, 5.41) is 0. The molecule has 1 heterocycles. The minimum absolute atomic E-state index is 0.0971. The number of nitrogens with zero attached hydrogens (tertiary/aromatic N) is 1. The fraction of sp³-hybridized carbons (Fsp3) is 0.708. The Kier molecular flexibility index (Phi) is 12.7. The predicted molar refractivity (Wildman–Crippen MR) is 116 cm³/mol. The van der Waals surface area contributed by atoms with Crippen molar-refractivity contribution in [2.45, 2.75) is 71.0 Å². The molecule has 0 aliphatic carbocycles. The van der Waals surface area contributed by atoms with E-state index >= 15 is 0 Å². The minimum atomic E-state index is -0.228. The summed E-state index contributed by atoms with van der Waals surface area (Å²) in [6.45, 7) is 7.14. The van der Waals surface area contributed by atoms with Gasteiger partial charge in [0.1, 0.15) is 6.10 Å². The zero-order valence-corrected chi connectivity index (χ0v) is 18.2. The second-order valence-corrected chi connectivity index (χ2v) is 7.90. The van der Waals surface area contributed by atoms with Gasteiger partial charge in [0.25, 0.3) is 0 Å². The third-order valence-corrected chi connectivity index (χ3v) is 5.26. The highest BCUT2D eigenvalue weighted by molar-refractivity contribution is 5.69. The number of hydrogen-bond donors (Lipinski definition) is 0. The highest BCUT2D eigenvalue weighted by Gasteiger charge is 2.20. The molecule has 1 fully saturated rings. The second kappa shape index (κ2) is 15.4. The highest BCUT2D eigenvalue weighted by atomic mass is 16.6. The lowest BCUT2D eigenvalue weighted by molar-refractivity contribution is -0.154. The topological polar surface area (TPSA) is 48.0 Å². The maximum atomic E-state index is 12.3. The van der Waals surface area contributed by atoms with Gasteiger partial charge < -0.3 is 14.2 Å². The van der Waals surface area contributed by atoms with Gasteiger partial charge in [0, 0.05) is 26.1 Å². The molecule has 0 bridgehead atoms. The maximum absolute atomic E-state index is 12.3. The van der Waals surface area contributed by atoms with Gasteiger partial charge in [-0.2, -0.15) is 0 Å². The number of ether oxygens (including phenoxy) is 3. The monoisotopic (exact) mass is 405 g/mol. The SMILES string of the molecule is CCCCCCCCCC(=O)O[C@H](COCc1ccccc1)CN1CCOCC1. The van der Waals surface area contributed by atoms with Crippen LogP contribution in [0, 0.1) is 0 Å². The summed E-state index contributed by atoms with van der Waals surface area (Å²) in [4.78, 5) is 14.6. The van der Waals surface area contributed by atoms with Gasteiger partial charge in [-0.15, -0.1) is 0 Å². The quantitative estimate of drug-likeness (QED) is 0.316. The minimum Gasteiger partial charge on any atom is -0.459 e. The Morgan fingerprint density at radius 2 is 1.72 bits per heavy atom. The molecule has 29 heavy (non-hydrogen) atoms. The molecule has 1 aliphatic heterocycles. The summed E-state index contributed by atoms with van der Waals surface area (Å²) in [6, 6.07) is 10.1. The Labute approximate surface area is 176 Å². The van der Waals surface area contributed by atoms with Gasteiger partial charge in [0.15, 0.2) is 0 Å². The Morgan fingerprint density at radius 1 is 1.03 bits per heavy atom. The first kappa shape index (κ1) is 23.8. The van der Waals surface area contributed by atoms with Gasteiger partial charge >= 0.3 is 5.97 Å². The molecule has 0 aromatic heterocycles. The van der Waals surface area contributed by atoms with E-state index in [4.69, 9.17) is 14.2 Å². The van der Waals surface area contributed by atoms with Crippen LogP contribution in [0.15, 0.2) is 30.3 Å². The molecule has 0 saturated carbocycles. The van der Waals surface area contributed by atoms with Crippen LogP contribution in [0.25, 0.3) is 0 Å². The van der Waals surface area contributed by atoms with E-state index < -0.39 is 0 Å². The number of hydrogen-bond acceptors (Lipinski definition) is 5. The molecule has 5 nitrogen and oxygen atoms in total. The molecule has 1 aromatic carbocycles. The number of esters is 1. The Bertz CT molecular complexity index is 531. The lowest BCUT2D eigenvalue weighted by atomic mass is 10.1. The summed E-state index contributed by atoms with van der Waals surface area (Å²) < 4.78 is 17.1. The van der Waals surface area contributed by atoms with Crippen LogP contribution in [0.4, 0.5) is 0 Å². The maximum Gasteiger partial charge on any atom is 0.306 e. The van der Waals surface area contributed by atoms with Crippen LogP contribution in [0.2, 0.25) is 0 Å². The van der Waals surface area contributed by atoms with E-state index in [2.05, 4.69) is 11.8 Å². The van der Waals surface area contributed by atoms with Crippen molar-refractivity contribution in [1.82, 2.24) is 4.90 Å². The number of benzene rings is 1. The van der Waals surface area contributed by atoms with E-state index in [1.165, 1.54) is 32.1 Å². The number of unbranched alkanes of at least 4 members (excludes halogenated alkanes) is 6. The molecule has 0 spiro atoms. The van der Waals surface area contributed by atoms with Gasteiger partial charge in [-0.25, -0.2) is 0 Å². The summed E-state index contributed by atoms with van der Waals surface area (Å²) in [6.07, 6.45) is 8.68. The van der Waals surface area contributed by atoms with Crippen molar-refractivity contribution in [1.29, 1.82) is 0 Å². The molecular weight excluding hydrogens is 366 g/mol. The first-order valence-corrected chi connectivity index (χ1v) is 11.4. The van der Waals surface area contributed by atoms with E-state index in [0.29, 0.717) is 26.2 Å². The summed E-state index contributed by atoms with van der Waals surface area (Å²) in [5.41, 5.74) is 1.13. The molecular formula is C24H39NO4. The number of carbonyl (C=O) groups is 1. The summed E-state index contributed by atoms with van der Waals surface area (Å²) >= 11 is 0. The van der Waals surface area contributed by atoms with Gasteiger partial charge in [-0.05, 0) is 12.0 Å². The molecule has 5 heteroatoms. The van der Waals surface area contributed by atoms with Crippen molar-refractivity contribution in [3.05, 3.63) is 35.9 Å². The van der Waals surface area contributed by atoms with Crippen LogP contribution < -0.4 is 0 Å². The molecule has 164 valence electrons. The van der Waals surface area contributed by atoms with Crippen molar-refractivity contribution in [2.75, 3.05) is 39.5 Å². The van der Waals surface area contributed by atoms with Gasteiger partial charge in [-0.1, -0.05) is 75.8 Å².